The van der Waals surface area contributed by atoms with Crippen LogP contribution in [0.5, 0.6) is 5.88 Å². The van der Waals surface area contributed by atoms with Gasteiger partial charge in [-0.3, -0.25) is 4.90 Å². The molecular formula is C21H37N5O2. The minimum Gasteiger partial charge on any atom is -0.477 e. The Kier molecular flexibility index (Phi) is 10.1. The molecule has 1 aliphatic heterocycles. The van der Waals surface area contributed by atoms with Gasteiger partial charge in [-0.2, -0.15) is 0 Å². The van der Waals surface area contributed by atoms with E-state index >= 15 is 0 Å². The second-order valence-corrected chi connectivity index (χ2v) is 7.54. The summed E-state index contributed by atoms with van der Waals surface area (Å²) in [6, 6.07) is 3.93. The quantitative estimate of drug-likeness (QED) is 0.471. The fourth-order valence-electron chi connectivity index (χ4n) is 3.18. The van der Waals surface area contributed by atoms with Crippen LogP contribution in [0.4, 0.5) is 0 Å². The van der Waals surface area contributed by atoms with Crippen molar-refractivity contribution in [1.29, 1.82) is 0 Å². The van der Waals surface area contributed by atoms with E-state index < -0.39 is 0 Å². The zero-order chi connectivity index (χ0) is 20.2. The molecule has 1 aromatic heterocycles. The van der Waals surface area contributed by atoms with Crippen molar-refractivity contribution in [3.8, 4) is 5.88 Å². The van der Waals surface area contributed by atoms with Crippen LogP contribution in [0, 0.1) is 5.92 Å². The van der Waals surface area contributed by atoms with E-state index in [0.29, 0.717) is 24.9 Å². The molecule has 0 aliphatic carbocycles. The summed E-state index contributed by atoms with van der Waals surface area (Å²) in [7, 11) is 0. The van der Waals surface area contributed by atoms with Crippen molar-refractivity contribution in [1.82, 2.24) is 20.5 Å². The Labute approximate surface area is 169 Å². The Morgan fingerprint density at radius 1 is 1.39 bits per heavy atom. The smallest absolute Gasteiger partial charge is 0.218 e. The van der Waals surface area contributed by atoms with Crippen molar-refractivity contribution in [2.45, 2.75) is 46.8 Å². The molecule has 0 radical (unpaired) electrons. The Bertz CT molecular complexity index is 594. The lowest BCUT2D eigenvalue weighted by Crippen LogP contribution is -2.50. The van der Waals surface area contributed by atoms with Gasteiger partial charge in [0, 0.05) is 44.5 Å². The molecule has 1 aromatic rings. The first-order valence-electron chi connectivity index (χ1n) is 10.5. The van der Waals surface area contributed by atoms with Crippen molar-refractivity contribution in [2.24, 2.45) is 10.9 Å². The van der Waals surface area contributed by atoms with Crippen LogP contribution in [0.2, 0.25) is 0 Å². The highest BCUT2D eigenvalue weighted by Gasteiger charge is 2.21. The summed E-state index contributed by atoms with van der Waals surface area (Å²) in [5, 5.41) is 6.73. The van der Waals surface area contributed by atoms with Crippen LogP contribution in [-0.4, -0.2) is 67.9 Å². The molecule has 1 aliphatic rings. The van der Waals surface area contributed by atoms with Gasteiger partial charge in [0.05, 0.1) is 25.9 Å². The number of aliphatic imine (C=N–C) groups is 1. The summed E-state index contributed by atoms with van der Waals surface area (Å²) in [6.45, 7) is 15.3. The molecule has 2 rings (SSSR count). The Morgan fingerprint density at radius 2 is 2.25 bits per heavy atom. The lowest BCUT2D eigenvalue weighted by molar-refractivity contribution is -0.0284. The van der Waals surface area contributed by atoms with Gasteiger partial charge in [0.25, 0.3) is 0 Å². The largest absolute Gasteiger partial charge is 0.477 e. The molecule has 0 spiro atoms. The third-order valence-corrected chi connectivity index (χ3v) is 4.39. The van der Waals surface area contributed by atoms with Crippen LogP contribution in [-0.2, 0) is 11.3 Å². The number of nitrogens with zero attached hydrogens (tertiary/aromatic N) is 3. The molecule has 158 valence electrons. The van der Waals surface area contributed by atoms with Gasteiger partial charge in [-0.05, 0) is 25.3 Å². The van der Waals surface area contributed by atoms with Crippen molar-refractivity contribution < 1.29 is 9.47 Å². The van der Waals surface area contributed by atoms with Crippen molar-refractivity contribution >= 4 is 5.96 Å². The van der Waals surface area contributed by atoms with Crippen LogP contribution in [0.15, 0.2) is 23.3 Å². The number of aromatic nitrogens is 1. The molecule has 1 saturated heterocycles. The molecule has 7 heteroatoms. The van der Waals surface area contributed by atoms with Gasteiger partial charge < -0.3 is 20.1 Å². The van der Waals surface area contributed by atoms with Gasteiger partial charge >= 0.3 is 0 Å². The third kappa shape index (κ3) is 8.02. The lowest BCUT2D eigenvalue weighted by Gasteiger charge is -2.34. The normalized spacial score (nSPS) is 18.3. The standard InChI is InChI=1S/C21H37N5O2/c1-5-11-28-20-18(8-7-9-23-20)13-24-21(22-6-2)25-14-19-16-26(10-12-27-19)15-17(3)4/h7-9,17,19H,5-6,10-16H2,1-4H3,(H2,22,24,25). The zero-order valence-corrected chi connectivity index (χ0v) is 17.9. The number of guanidine groups is 1. The highest BCUT2D eigenvalue weighted by Crippen LogP contribution is 2.15. The number of rotatable bonds is 10. The lowest BCUT2D eigenvalue weighted by atomic mass is 10.2. The molecule has 0 saturated carbocycles. The summed E-state index contributed by atoms with van der Waals surface area (Å²) in [5.74, 6) is 2.13. The number of ether oxygens (including phenoxy) is 2. The van der Waals surface area contributed by atoms with E-state index in [-0.39, 0.29) is 6.10 Å². The Hall–Kier alpha value is -1.86. The van der Waals surface area contributed by atoms with Crippen LogP contribution < -0.4 is 15.4 Å². The zero-order valence-electron chi connectivity index (χ0n) is 17.9. The minimum absolute atomic E-state index is 0.179. The second kappa shape index (κ2) is 12.6. The molecular weight excluding hydrogens is 354 g/mol. The first kappa shape index (κ1) is 22.4. The second-order valence-electron chi connectivity index (χ2n) is 7.54. The van der Waals surface area contributed by atoms with Gasteiger partial charge in [0.1, 0.15) is 0 Å². The molecule has 1 unspecified atom stereocenters. The fourth-order valence-corrected chi connectivity index (χ4v) is 3.18. The number of hydrogen-bond donors (Lipinski definition) is 2. The summed E-state index contributed by atoms with van der Waals surface area (Å²) in [5.41, 5.74) is 0.991. The van der Waals surface area contributed by atoms with E-state index in [2.05, 4.69) is 48.2 Å². The van der Waals surface area contributed by atoms with E-state index in [1.54, 1.807) is 6.20 Å². The van der Waals surface area contributed by atoms with E-state index in [1.807, 2.05) is 12.1 Å². The maximum absolute atomic E-state index is 5.93. The molecule has 0 bridgehead atoms. The molecule has 2 heterocycles. The third-order valence-electron chi connectivity index (χ3n) is 4.39. The average molecular weight is 392 g/mol. The summed E-state index contributed by atoms with van der Waals surface area (Å²) in [4.78, 5) is 11.5. The van der Waals surface area contributed by atoms with Crippen LogP contribution in [0.25, 0.3) is 0 Å². The van der Waals surface area contributed by atoms with E-state index in [1.165, 1.54) is 0 Å². The Balaban J connectivity index is 1.90. The van der Waals surface area contributed by atoms with Crippen molar-refractivity contribution in [3.63, 3.8) is 0 Å². The maximum atomic E-state index is 5.93. The molecule has 1 atom stereocenters. The van der Waals surface area contributed by atoms with E-state index in [4.69, 9.17) is 14.5 Å². The van der Waals surface area contributed by atoms with E-state index in [0.717, 1.165) is 57.3 Å². The number of hydrogen-bond acceptors (Lipinski definition) is 5. The molecule has 0 aromatic carbocycles. The number of morpholine rings is 1. The van der Waals surface area contributed by atoms with Gasteiger partial charge in [0.15, 0.2) is 5.96 Å². The van der Waals surface area contributed by atoms with Gasteiger partial charge in [-0.25, -0.2) is 9.98 Å². The SMILES string of the molecule is CCCOc1ncccc1CN=C(NCC)NCC1CN(CC(C)C)CCO1. The predicted molar refractivity (Wildman–Crippen MR) is 114 cm³/mol. The predicted octanol–water partition coefficient (Wildman–Crippen LogP) is 2.28. The number of nitrogens with one attached hydrogen (secondary N) is 2. The van der Waals surface area contributed by atoms with Crippen molar-refractivity contribution in [3.05, 3.63) is 23.9 Å². The summed E-state index contributed by atoms with van der Waals surface area (Å²) >= 11 is 0. The summed E-state index contributed by atoms with van der Waals surface area (Å²) < 4.78 is 11.7. The highest BCUT2D eigenvalue weighted by molar-refractivity contribution is 5.79. The maximum Gasteiger partial charge on any atom is 0.218 e. The van der Waals surface area contributed by atoms with Crippen LogP contribution >= 0.6 is 0 Å². The minimum atomic E-state index is 0.179. The van der Waals surface area contributed by atoms with Gasteiger partial charge in [-0.15, -0.1) is 0 Å². The monoisotopic (exact) mass is 391 g/mol. The Morgan fingerprint density at radius 3 is 3.00 bits per heavy atom. The van der Waals surface area contributed by atoms with Crippen molar-refractivity contribution in [2.75, 3.05) is 45.9 Å². The van der Waals surface area contributed by atoms with Crippen LogP contribution in [0.1, 0.15) is 39.7 Å². The van der Waals surface area contributed by atoms with Gasteiger partial charge in [0.2, 0.25) is 5.88 Å². The average Bonchev–Trinajstić information content (AvgIpc) is 2.69. The summed E-state index contributed by atoms with van der Waals surface area (Å²) in [6.07, 6.45) is 2.89. The highest BCUT2D eigenvalue weighted by atomic mass is 16.5. The molecule has 7 nitrogen and oxygen atoms in total. The number of pyridine rings is 1. The topological polar surface area (TPSA) is 71.0 Å². The molecule has 1 fully saturated rings. The molecule has 2 N–H and O–H groups in total. The fraction of sp³-hybridized carbons (Fsp3) is 0.714. The van der Waals surface area contributed by atoms with Crippen LogP contribution in [0.3, 0.4) is 0 Å². The van der Waals surface area contributed by atoms with E-state index in [9.17, 15) is 0 Å². The molecule has 28 heavy (non-hydrogen) atoms. The first-order valence-corrected chi connectivity index (χ1v) is 10.5. The molecule has 0 amide bonds. The first-order chi connectivity index (χ1) is 13.6. The van der Waals surface area contributed by atoms with Gasteiger partial charge in [-0.1, -0.05) is 26.8 Å².